The van der Waals surface area contributed by atoms with Gasteiger partial charge in [-0.2, -0.15) is 0 Å². The van der Waals surface area contributed by atoms with E-state index in [0.29, 0.717) is 13.3 Å². The molecule has 17 heavy (non-hydrogen) atoms. The molecule has 3 rings (SSSR count). The fourth-order valence-corrected chi connectivity index (χ4v) is 2.59. The van der Waals surface area contributed by atoms with E-state index >= 15 is 0 Å². The highest BCUT2D eigenvalue weighted by molar-refractivity contribution is 7.09. The molecule has 2 aromatic rings. The minimum Gasteiger partial charge on any atom is -0.454 e. The van der Waals surface area contributed by atoms with Gasteiger partial charge in [-0.25, -0.2) is 4.98 Å². The second-order valence-corrected chi connectivity index (χ2v) is 4.74. The topological polar surface area (TPSA) is 57.4 Å². The molecule has 0 atom stereocenters. The van der Waals surface area contributed by atoms with Gasteiger partial charge in [0.25, 0.3) is 0 Å². The summed E-state index contributed by atoms with van der Waals surface area (Å²) < 4.78 is 10.6. The van der Waals surface area contributed by atoms with Crippen molar-refractivity contribution in [3.8, 4) is 11.5 Å². The average Bonchev–Trinajstić information content (AvgIpc) is 2.96. The van der Waals surface area contributed by atoms with E-state index in [9.17, 15) is 0 Å². The van der Waals surface area contributed by atoms with Crippen LogP contribution in [0.1, 0.15) is 16.3 Å². The molecule has 0 bridgehead atoms. The summed E-state index contributed by atoms with van der Waals surface area (Å²) in [5.41, 5.74) is 7.66. The Morgan fingerprint density at radius 3 is 3.00 bits per heavy atom. The first-order chi connectivity index (χ1) is 8.35. The summed E-state index contributed by atoms with van der Waals surface area (Å²) in [6, 6.07) is 5.98. The van der Waals surface area contributed by atoms with Crippen LogP contribution < -0.4 is 15.2 Å². The Bertz CT molecular complexity index is 539. The van der Waals surface area contributed by atoms with E-state index in [-0.39, 0.29) is 0 Å². The molecule has 88 valence electrons. The third kappa shape index (κ3) is 2.11. The summed E-state index contributed by atoms with van der Waals surface area (Å²) in [5.74, 6) is 1.63. The van der Waals surface area contributed by atoms with Gasteiger partial charge in [0.15, 0.2) is 11.5 Å². The number of hydrogen-bond acceptors (Lipinski definition) is 5. The van der Waals surface area contributed by atoms with Crippen LogP contribution in [-0.2, 0) is 13.0 Å². The van der Waals surface area contributed by atoms with Crippen LogP contribution in [0.4, 0.5) is 0 Å². The predicted molar refractivity (Wildman–Crippen MR) is 65.4 cm³/mol. The highest BCUT2D eigenvalue weighted by Crippen LogP contribution is 2.33. The minimum atomic E-state index is 0.313. The summed E-state index contributed by atoms with van der Waals surface area (Å²) in [4.78, 5) is 4.44. The van der Waals surface area contributed by atoms with Crippen LogP contribution in [0.3, 0.4) is 0 Å². The van der Waals surface area contributed by atoms with Crippen LogP contribution in [0.2, 0.25) is 0 Å². The van der Waals surface area contributed by atoms with E-state index in [2.05, 4.69) is 4.98 Å². The molecule has 4 nitrogen and oxygen atoms in total. The number of benzene rings is 1. The Morgan fingerprint density at radius 2 is 2.18 bits per heavy atom. The van der Waals surface area contributed by atoms with Crippen molar-refractivity contribution in [1.82, 2.24) is 4.98 Å². The quantitative estimate of drug-likeness (QED) is 0.901. The summed E-state index contributed by atoms with van der Waals surface area (Å²) in [6.07, 6.45) is 0.807. The van der Waals surface area contributed by atoms with Gasteiger partial charge in [0.05, 0.1) is 10.7 Å². The van der Waals surface area contributed by atoms with E-state index in [1.807, 2.05) is 23.6 Å². The van der Waals surface area contributed by atoms with Gasteiger partial charge in [-0.15, -0.1) is 11.3 Å². The molecule has 0 saturated heterocycles. The van der Waals surface area contributed by atoms with E-state index in [4.69, 9.17) is 15.2 Å². The maximum atomic E-state index is 5.54. The summed E-state index contributed by atoms with van der Waals surface area (Å²) in [7, 11) is 0. The van der Waals surface area contributed by atoms with Crippen LogP contribution >= 0.6 is 11.3 Å². The Hall–Kier alpha value is -1.59. The standard InChI is InChI=1S/C12H12N2O2S/c13-5-9-6-17-12(14-9)4-8-1-2-10-11(3-8)16-7-15-10/h1-3,6H,4-5,7,13H2. The lowest BCUT2D eigenvalue weighted by molar-refractivity contribution is 0.174. The molecule has 0 saturated carbocycles. The second kappa shape index (κ2) is 4.35. The van der Waals surface area contributed by atoms with Gasteiger partial charge in [0.2, 0.25) is 6.79 Å². The molecule has 1 aliphatic heterocycles. The third-order valence-electron chi connectivity index (χ3n) is 2.60. The highest BCUT2D eigenvalue weighted by atomic mass is 32.1. The number of rotatable bonds is 3. The molecule has 0 aliphatic carbocycles. The maximum Gasteiger partial charge on any atom is 0.231 e. The average molecular weight is 248 g/mol. The van der Waals surface area contributed by atoms with Gasteiger partial charge >= 0.3 is 0 Å². The van der Waals surface area contributed by atoms with Crippen molar-refractivity contribution < 1.29 is 9.47 Å². The molecular weight excluding hydrogens is 236 g/mol. The number of hydrogen-bond donors (Lipinski definition) is 1. The predicted octanol–water partition coefficient (Wildman–Crippen LogP) is 1.92. The van der Waals surface area contributed by atoms with Crippen LogP contribution in [-0.4, -0.2) is 11.8 Å². The second-order valence-electron chi connectivity index (χ2n) is 3.80. The molecule has 2 heterocycles. The largest absolute Gasteiger partial charge is 0.454 e. The summed E-state index contributed by atoms with van der Waals surface area (Å²) >= 11 is 1.64. The number of nitrogens with two attached hydrogens (primary N) is 1. The van der Waals surface area contributed by atoms with Crippen molar-refractivity contribution in [1.29, 1.82) is 0 Å². The third-order valence-corrected chi connectivity index (χ3v) is 3.50. The van der Waals surface area contributed by atoms with Gasteiger partial charge in [-0.1, -0.05) is 6.07 Å². The molecule has 0 amide bonds. The van der Waals surface area contributed by atoms with E-state index in [1.165, 1.54) is 5.56 Å². The lowest BCUT2D eigenvalue weighted by atomic mass is 10.1. The number of aromatic nitrogens is 1. The normalized spacial score (nSPS) is 13.0. The Kier molecular flexibility index (Phi) is 2.70. The first kappa shape index (κ1) is 10.6. The molecule has 2 N–H and O–H groups in total. The first-order valence-electron chi connectivity index (χ1n) is 5.37. The van der Waals surface area contributed by atoms with Crippen molar-refractivity contribution in [2.24, 2.45) is 5.73 Å². The van der Waals surface area contributed by atoms with Gasteiger partial charge in [-0.05, 0) is 17.7 Å². The number of fused-ring (bicyclic) bond motifs is 1. The highest BCUT2D eigenvalue weighted by Gasteiger charge is 2.13. The minimum absolute atomic E-state index is 0.313. The molecule has 1 aromatic carbocycles. The zero-order valence-electron chi connectivity index (χ0n) is 9.18. The number of nitrogens with zero attached hydrogens (tertiary/aromatic N) is 1. The van der Waals surface area contributed by atoms with Crippen molar-refractivity contribution >= 4 is 11.3 Å². The Labute approximate surface area is 103 Å². The fourth-order valence-electron chi connectivity index (χ4n) is 1.75. The van der Waals surface area contributed by atoms with E-state index < -0.39 is 0 Å². The van der Waals surface area contributed by atoms with Crippen molar-refractivity contribution in [3.63, 3.8) is 0 Å². The lowest BCUT2D eigenvalue weighted by Crippen LogP contribution is -1.96. The number of ether oxygens (including phenoxy) is 2. The van der Waals surface area contributed by atoms with Crippen molar-refractivity contribution in [2.75, 3.05) is 6.79 Å². The van der Waals surface area contributed by atoms with E-state index in [1.54, 1.807) is 11.3 Å². The lowest BCUT2D eigenvalue weighted by Gasteiger charge is -2.00. The van der Waals surface area contributed by atoms with E-state index in [0.717, 1.165) is 28.6 Å². The Balaban J connectivity index is 1.80. The molecule has 1 aliphatic rings. The molecular formula is C12H12N2O2S. The maximum absolute atomic E-state index is 5.54. The molecule has 5 heteroatoms. The van der Waals surface area contributed by atoms with Crippen LogP contribution in [0, 0.1) is 0 Å². The van der Waals surface area contributed by atoms with Gasteiger partial charge < -0.3 is 15.2 Å². The molecule has 0 radical (unpaired) electrons. The molecule has 0 fully saturated rings. The fraction of sp³-hybridized carbons (Fsp3) is 0.250. The van der Waals surface area contributed by atoms with Gasteiger partial charge in [0.1, 0.15) is 0 Å². The molecule has 0 unspecified atom stereocenters. The zero-order valence-corrected chi connectivity index (χ0v) is 10.00. The SMILES string of the molecule is NCc1csc(Cc2ccc3c(c2)OCO3)n1. The van der Waals surface area contributed by atoms with Crippen LogP contribution in [0.5, 0.6) is 11.5 Å². The Morgan fingerprint density at radius 1 is 1.29 bits per heavy atom. The zero-order chi connectivity index (χ0) is 11.7. The molecule has 1 aromatic heterocycles. The van der Waals surface area contributed by atoms with Crippen molar-refractivity contribution in [2.45, 2.75) is 13.0 Å². The van der Waals surface area contributed by atoms with Gasteiger partial charge in [0, 0.05) is 18.3 Å². The smallest absolute Gasteiger partial charge is 0.231 e. The summed E-state index contributed by atoms with van der Waals surface area (Å²) in [6.45, 7) is 0.811. The first-order valence-corrected chi connectivity index (χ1v) is 6.25. The van der Waals surface area contributed by atoms with Crippen molar-refractivity contribution in [3.05, 3.63) is 39.8 Å². The van der Waals surface area contributed by atoms with Crippen LogP contribution in [0.15, 0.2) is 23.6 Å². The molecule has 0 spiro atoms. The summed E-state index contributed by atoms with van der Waals surface area (Å²) in [5, 5.41) is 3.08. The van der Waals surface area contributed by atoms with Gasteiger partial charge in [-0.3, -0.25) is 0 Å². The monoisotopic (exact) mass is 248 g/mol. The van der Waals surface area contributed by atoms with Crippen LogP contribution in [0.25, 0.3) is 0 Å². The number of thiazole rings is 1.